The van der Waals surface area contributed by atoms with Crippen LogP contribution in [0.25, 0.3) is 6.08 Å². The molecule has 1 aromatic rings. The van der Waals surface area contributed by atoms with Crippen molar-refractivity contribution in [1.82, 2.24) is 15.3 Å². The first-order valence-corrected chi connectivity index (χ1v) is 3.93. The van der Waals surface area contributed by atoms with Gasteiger partial charge in [0.2, 0.25) is 0 Å². The van der Waals surface area contributed by atoms with Crippen LogP contribution in [0, 0.1) is 6.92 Å². The Morgan fingerprint density at radius 1 is 1.58 bits per heavy atom. The molecule has 1 aromatic heterocycles. The molecule has 0 radical (unpaired) electrons. The minimum Gasteiger partial charge on any atom is -0.316 e. The van der Waals surface area contributed by atoms with Crippen molar-refractivity contribution in [2.45, 2.75) is 6.92 Å². The number of aryl methyl sites for hydroxylation is 1. The highest BCUT2D eigenvalue weighted by molar-refractivity contribution is 5.43. The molecule has 3 heteroatoms. The van der Waals surface area contributed by atoms with E-state index >= 15 is 0 Å². The van der Waals surface area contributed by atoms with Gasteiger partial charge in [0.15, 0.2) is 0 Å². The van der Waals surface area contributed by atoms with Crippen LogP contribution in [0.2, 0.25) is 0 Å². The van der Waals surface area contributed by atoms with Gasteiger partial charge < -0.3 is 5.32 Å². The smallest absolute Gasteiger partial charge is 0.125 e. The number of nitrogens with zero attached hydrogens (tertiary/aromatic N) is 2. The summed E-state index contributed by atoms with van der Waals surface area (Å²) in [5, 5.41) is 3.02. The summed E-state index contributed by atoms with van der Waals surface area (Å²) in [6.07, 6.45) is 5.77. The van der Waals surface area contributed by atoms with Crippen LogP contribution in [0.4, 0.5) is 0 Å². The molecule has 1 heterocycles. The van der Waals surface area contributed by atoms with Crippen LogP contribution in [-0.4, -0.2) is 23.6 Å². The molecule has 0 unspecified atom stereocenters. The second kappa shape index (κ2) is 4.62. The Balaban J connectivity index is 2.63. The summed E-state index contributed by atoms with van der Waals surface area (Å²) < 4.78 is 0. The highest BCUT2D eigenvalue weighted by atomic mass is 14.9. The summed E-state index contributed by atoms with van der Waals surface area (Å²) in [5.41, 5.74) is 0.956. The lowest BCUT2D eigenvalue weighted by Crippen LogP contribution is -2.03. The third-order valence-corrected chi connectivity index (χ3v) is 1.41. The van der Waals surface area contributed by atoms with Gasteiger partial charge in [-0.05, 0) is 26.1 Å². The molecule has 0 aromatic carbocycles. The van der Waals surface area contributed by atoms with Crippen molar-refractivity contribution in [3.05, 3.63) is 29.9 Å². The molecule has 0 spiro atoms. The zero-order valence-corrected chi connectivity index (χ0v) is 7.41. The van der Waals surface area contributed by atoms with E-state index in [1.165, 1.54) is 0 Å². The number of hydrogen-bond acceptors (Lipinski definition) is 3. The zero-order valence-electron chi connectivity index (χ0n) is 7.41. The highest BCUT2D eigenvalue weighted by Crippen LogP contribution is 1.96. The van der Waals surface area contributed by atoms with Crippen LogP contribution in [0.5, 0.6) is 0 Å². The van der Waals surface area contributed by atoms with Crippen LogP contribution in [0.1, 0.15) is 11.5 Å². The fourth-order valence-electron chi connectivity index (χ4n) is 0.865. The topological polar surface area (TPSA) is 37.8 Å². The molecule has 3 nitrogen and oxygen atoms in total. The fraction of sp³-hybridized carbons (Fsp3) is 0.333. The summed E-state index contributed by atoms with van der Waals surface area (Å²) in [7, 11) is 1.91. The van der Waals surface area contributed by atoms with Gasteiger partial charge in [-0.15, -0.1) is 0 Å². The van der Waals surface area contributed by atoms with E-state index < -0.39 is 0 Å². The van der Waals surface area contributed by atoms with Crippen molar-refractivity contribution in [2.24, 2.45) is 0 Å². The fourth-order valence-corrected chi connectivity index (χ4v) is 0.865. The summed E-state index contributed by atoms with van der Waals surface area (Å²) in [6.45, 7) is 2.75. The maximum absolute atomic E-state index is 4.22. The molecule has 0 saturated carbocycles. The second-order valence-electron chi connectivity index (χ2n) is 2.49. The van der Waals surface area contributed by atoms with Gasteiger partial charge in [0.25, 0.3) is 0 Å². The van der Waals surface area contributed by atoms with Crippen molar-refractivity contribution in [1.29, 1.82) is 0 Å². The average molecular weight is 163 g/mol. The van der Waals surface area contributed by atoms with Gasteiger partial charge in [-0.1, -0.05) is 6.08 Å². The van der Waals surface area contributed by atoms with Gasteiger partial charge in [-0.25, -0.2) is 9.97 Å². The standard InChI is InChI=1S/C9H13N3/c1-8-11-7-5-9(12-8)4-3-6-10-2/h3-5,7,10H,6H2,1-2H3/b4-3+. The van der Waals surface area contributed by atoms with Gasteiger partial charge in [0.05, 0.1) is 5.69 Å². The van der Waals surface area contributed by atoms with Crippen molar-refractivity contribution in [3.8, 4) is 0 Å². The summed E-state index contributed by atoms with van der Waals surface area (Å²) in [5.74, 6) is 0.807. The highest BCUT2D eigenvalue weighted by Gasteiger charge is 1.88. The first kappa shape index (κ1) is 8.87. The van der Waals surface area contributed by atoms with Crippen molar-refractivity contribution in [3.63, 3.8) is 0 Å². The van der Waals surface area contributed by atoms with E-state index in [-0.39, 0.29) is 0 Å². The number of aromatic nitrogens is 2. The van der Waals surface area contributed by atoms with Gasteiger partial charge in [-0.2, -0.15) is 0 Å². The number of likely N-dealkylation sites (N-methyl/N-ethyl adjacent to an activating group) is 1. The van der Waals surface area contributed by atoms with E-state index in [4.69, 9.17) is 0 Å². The normalized spacial score (nSPS) is 10.8. The van der Waals surface area contributed by atoms with Crippen LogP contribution in [-0.2, 0) is 0 Å². The van der Waals surface area contributed by atoms with E-state index in [1.807, 2.05) is 32.2 Å². The van der Waals surface area contributed by atoms with E-state index in [2.05, 4.69) is 15.3 Å². The first-order chi connectivity index (χ1) is 5.83. The zero-order chi connectivity index (χ0) is 8.81. The number of rotatable bonds is 3. The SMILES string of the molecule is CNC/C=C/c1ccnc(C)n1. The predicted octanol–water partition coefficient (Wildman–Crippen LogP) is 1.02. The van der Waals surface area contributed by atoms with E-state index in [0.29, 0.717) is 0 Å². The van der Waals surface area contributed by atoms with Crippen LogP contribution in [0.15, 0.2) is 18.3 Å². The van der Waals surface area contributed by atoms with Crippen LogP contribution >= 0.6 is 0 Å². The molecule has 0 saturated heterocycles. The van der Waals surface area contributed by atoms with Crippen LogP contribution < -0.4 is 5.32 Å². The predicted molar refractivity (Wildman–Crippen MR) is 49.7 cm³/mol. The minimum atomic E-state index is 0.807. The van der Waals surface area contributed by atoms with E-state index in [1.54, 1.807) is 6.20 Å². The first-order valence-electron chi connectivity index (χ1n) is 3.93. The van der Waals surface area contributed by atoms with E-state index in [0.717, 1.165) is 18.1 Å². The third-order valence-electron chi connectivity index (χ3n) is 1.41. The summed E-state index contributed by atoms with van der Waals surface area (Å²) in [6, 6.07) is 1.89. The molecule has 1 rings (SSSR count). The van der Waals surface area contributed by atoms with Gasteiger partial charge in [0.1, 0.15) is 5.82 Å². The van der Waals surface area contributed by atoms with Gasteiger partial charge in [0, 0.05) is 12.7 Å². The Bertz CT molecular complexity index is 268. The molecule has 0 atom stereocenters. The molecular weight excluding hydrogens is 150 g/mol. The molecule has 0 amide bonds. The molecule has 64 valence electrons. The van der Waals surface area contributed by atoms with Gasteiger partial charge >= 0.3 is 0 Å². The monoisotopic (exact) mass is 163 g/mol. The molecule has 0 aliphatic heterocycles. The molecule has 1 N–H and O–H groups in total. The van der Waals surface area contributed by atoms with Crippen molar-refractivity contribution in [2.75, 3.05) is 13.6 Å². The van der Waals surface area contributed by atoms with Crippen LogP contribution in [0.3, 0.4) is 0 Å². The Morgan fingerprint density at radius 2 is 2.42 bits per heavy atom. The summed E-state index contributed by atoms with van der Waals surface area (Å²) >= 11 is 0. The molecule has 12 heavy (non-hydrogen) atoms. The second-order valence-corrected chi connectivity index (χ2v) is 2.49. The van der Waals surface area contributed by atoms with Crippen molar-refractivity contribution < 1.29 is 0 Å². The van der Waals surface area contributed by atoms with Gasteiger partial charge in [-0.3, -0.25) is 0 Å². The number of nitrogens with one attached hydrogen (secondary N) is 1. The Labute approximate surface area is 72.6 Å². The quantitative estimate of drug-likeness (QED) is 0.723. The molecule has 0 fully saturated rings. The van der Waals surface area contributed by atoms with Crippen molar-refractivity contribution >= 4 is 6.08 Å². The largest absolute Gasteiger partial charge is 0.316 e. The average Bonchev–Trinajstić information content (AvgIpc) is 2.05. The Hall–Kier alpha value is -1.22. The molecular formula is C9H13N3. The lowest BCUT2D eigenvalue weighted by molar-refractivity contribution is 0.921. The molecule has 0 aliphatic rings. The van der Waals surface area contributed by atoms with E-state index in [9.17, 15) is 0 Å². The molecule has 0 bridgehead atoms. The maximum atomic E-state index is 4.22. The lowest BCUT2D eigenvalue weighted by Gasteiger charge is -1.93. The Morgan fingerprint density at radius 3 is 3.08 bits per heavy atom. The molecule has 0 aliphatic carbocycles. The maximum Gasteiger partial charge on any atom is 0.125 e. The summed E-state index contributed by atoms with van der Waals surface area (Å²) in [4.78, 5) is 8.23. The Kier molecular flexibility index (Phi) is 3.41. The number of hydrogen-bond donors (Lipinski definition) is 1. The minimum absolute atomic E-state index is 0.807. The third kappa shape index (κ3) is 2.80. The lowest BCUT2D eigenvalue weighted by atomic mass is 10.3.